The molecule has 21 heavy (non-hydrogen) atoms. The molecule has 0 unspecified atom stereocenters. The predicted octanol–water partition coefficient (Wildman–Crippen LogP) is 1.79. The Morgan fingerprint density at radius 1 is 1.48 bits per heavy atom. The fraction of sp³-hybridized carbons (Fsp3) is 0.733. The van der Waals surface area contributed by atoms with E-state index in [1.165, 1.54) is 5.56 Å². The molecule has 0 saturated carbocycles. The quantitative estimate of drug-likeness (QED) is 0.813. The van der Waals surface area contributed by atoms with Crippen molar-refractivity contribution in [3.05, 3.63) is 18.0 Å². The molecule has 6 heteroatoms. The molecule has 1 N–H and O–H groups in total. The fourth-order valence-electron chi connectivity index (χ4n) is 2.62. The van der Waals surface area contributed by atoms with Crippen molar-refractivity contribution in [1.29, 1.82) is 0 Å². The van der Waals surface area contributed by atoms with E-state index in [9.17, 15) is 4.79 Å². The number of hydrogen-bond donors (Lipinski definition) is 1. The number of piperidine rings is 1. The molecule has 0 aliphatic carbocycles. The van der Waals surface area contributed by atoms with E-state index in [1.807, 2.05) is 17.8 Å². The summed E-state index contributed by atoms with van der Waals surface area (Å²) in [5.41, 5.74) is 1.20. The van der Waals surface area contributed by atoms with Crippen molar-refractivity contribution in [3.63, 3.8) is 0 Å². The number of hydrogen-bond acceptors (Lipinski definition) is 4. The lowest BCUT2D eigenvalue weighted by atomic mass is 10.1. The van der Waals surface area contributed by atoms with Gasteiger partial charge in [-0.3, -0.25) is 4.68 Å². The third-order valence-electron chi connectivity index (χ3n) is 3.78. The predicted molar refractivity (Wildman–Crippen MR) is 81.2 cm³/mol. The van der Waals surface area contributed by atoms with Gasteiger partial charge in [-0.05, 0) is 45.2 Å². The highest BCUT2D eigenvalue weighted by atomic mass is 16.6. The Labute approximate surface area is 126 Å². The van der Waals surface area contributed by atoms with Crippen LogP contribution in [-0.4, -0.2) is 53.1 Å². The van der Waals surface area contributed by atoms with Gasteiger partial charge in [0.15, 0.2) is 0 Å². The summed E-state index contributed by atoms with van der Waals surface area (Å²) in [5.74, 6) is 0. The third-order valence-corrected chi connectivity index (χ3v) is 3.78. The lowest BCUT2D eigenvalue weighted by Gasteiger charge is -2.31. The molecular weight excluding hydrogens is 268 g/mol. The van der Waals surface area contributed by atoms with Crippen molar-refractivity contribution < 1.29 is 9.53 Å². The minimum Gasteiger partial charge on any atom is -0.450 e. The molecule has 1 saturated heterocycles. The third kappa shape index (κ3) is 5.04. The van der Waals surface area contributed by atoms with E-state index in [2.05, 4.69) is 23.5 Å². The Morgan fingerprint density at radius 3 is 2.86 bits per heavy atom. The van der Waals surface area contributed by atoms with Gasteiger partial charge < -0.3 is 15.0 Å². The summed E-state index contributed by atoms with van der Waals surface area (Å²) >= 11 is 0. The average molecular weight is 294 g/mol. The molecule has 118 valence electrons. The number of nitrogens with one attached hydrogen (secondary N) is 1. The lowest BCUT2D eigenvalue weighted by molar-refractivity contribution is 0.0951. The van der Waals surface area contributed by atoms with E-state index < -0.39 is 0 Å². The highest BCUT2D eigenvalue weighted by Crippen LogP contribution is 2.11. The van der Waals surface area contributed by atoms with Gasteiger partial charge in [-0.15, -0.1) is 0 Å². The first-order chi connectivity index (χ1) is 10.2. The number of aromatic nitrogens is 2. The summed E-state index contributed by atoms with van der Waals surface area (Å²) in [4.78, 5) is 13.4. The highest BCUT2D eigenvalue weighted by molar-refractivity contribution is 5.67. The Balaban J connectivity index is 1.57. The molecule has 2 rings (SSSR count). The van der Waals surface area contributed by atoms with Gasteiger partial charge in [-0.25, -0.2) is 4.79 Å². The maximum Gasteiger partial charge on any atom is 0.409 e. The molecule has 6 nitrogen and oxygen atoms in total. The second-order valence-corrected chi connectivity index (χ2v) is 5.55. The van der Waals surface area contributed by atoms with E-state index in [-0.39, 0.29) is 6.09 Å². The number of rotatable bonds is 6. The summed E-state index contributed by atoms with van der Waals surface area (Å²) < 4.78 is 7.01. The molecule has 0 spiro atoms. The maximum atomic E-state index is 11.6. The maximum absolute atomic E-state index is 11.6. The summed E-state index contributed by atoms with van der Waals surface area (Å²) in [6.07, 6.45) is 6.85. The molecule has 0 atom stereocenters. The van der Waals surface area contributed by atoms with E-state index >= 15 is 0 Å². The molecular formula is C15H26N4O2. The van der Waals surface area contributed by atoms with E-state index in [0.717, 1.165) is 45.4 Å². The second kappa shape index (κ2) is 8.02. The van der Waals surface area contributed by atoms with Crippen molar-refractivity contribution in [2.24, 2.45) is 0 Å². The van der Waals surface area contributed by atoms with Crippen LogP contribution in [0.25, 0.3) is 0 Å². The number of aryl methyl sites for hydroxylation is 2. The van der Waals surface area contributed by atoms with Crippen molar-refractivity contribution in [2.75, 3.05) is 26.2 Å². The standard InChI is InChI=1S/C15H26N4O2/c1-3-21-15(20)18-9-5-14(6-10-18)16-7-4-8-19-12-13(2)11-17-19/h11-12,14,16H,3-10H2,1-2H3. The number of carbonyl (C=O) groups excluding carboxylic acids is 1. The topological polar surface area (TPSA) is 59.4 Å². The van der Waals surface area contributed by atoms with Crippen molar-refractivity contribution in [2.45, 2.75) is 45.7 Å². The fourth-order valence-corrected chi connectivity index (χ4v) is 2.62. The molecule has 0 aromatic carbocycles. The minimum absolute atomic E-state index is 0.176. The van der Waals surface area contributed by atoms with Gasteiger partial charge in [0.2, 0.25) is 0 Å². The smallest absolute Gasteiger partial charge is 0.409 e. The number of carbonyl (C=O) groups is 1. The normalized spacial score (nSPS) is 16.2. The Morgan fingerprint density at radius 2 is 2.24 bits per heavy atom. The van der Waals surface area contributed by atoms with Crippen LogP contribution in [0.1, 0.15) is 31.7 Å². The summed E-state index contributed by atoms with van der Waals surface area (Å²) in [6, 6.07) is 0.509. The average Bonchev–Trinajstić information content (AvgIpc) is 2.90. The van der Waals surface area contributed by atoms with Crippen LogP contribution < -0.4 is 5.32 Å². The number of nitrogens with zero attached hydrogens (tertiary/aromatic N) is 3. The summed E-state index contributed by atoms with van der Waals surface area (Å²) in [5, 5.41) is 7.85. The van der Waals surface area contributed by atoms with Crippen LogP contribution in [0.15, 0.2) is 12.4 Å². The monoisotopic (exact) mass is 294 g/mol. The molecule has 1 amide bonds. The van der Waals surface area contributed by atoms with Gasteiger partial charge in [0.05, 0.1) is 12.8 Å². The Bertz CT molecular complexity index is 439. The zero-order chi connectivity index (χ0) is 15.1. The van der Waals surface area contributed by atoms with Gasteiger partial charge >= 0.3 is 6.09 Å². The molecule has 1 fully saturated rings. The van der Waals surface area contributed by atoms with Crippen LogP contribution >= 0.6 is 0 Å². The van der Waals surface area contributed by atoms with Crippen LogP contribution in [0.5, 0.6) is 0 Å². The molecule has 1 aromatic heterocycles. The van der Waals surface area contributed by atoms with E-state index in [4.69, 9.17) is 4.74 Å². The summed E-state index contributed by atoms with van der Waals surface area (Å²) in [6.45, 7) is 7.85. The highest BCUT2D eigenvalue weighted by Gasteiger charge is 2.22. The van der Waals surface area contributed by atoms with Crippen LogP contribution in [0, 0.1) is 6.92 Å². The largest absolute Gasteiger partial charge is 0.450 e. The zero-order valence-electron chi connectivity index (χ0n) is 13.0. The zero-order valence-corrected chi connectivity index (χ0v) is 13.0. The van der Waals surface area contributed by atoms with Gasteiger partial charge in [0, 0.05) is 31.9 Å². The van der Waals surface area contributed by atoms with Gasteiger partial charge in [-0.2, -0.15) is 5.10 Å². The minimum atomic E-state index is -0.176. The van der Waals surface area contributed by atoms with Crippen molar-refractivity contribution in [3.8, 4) is 0 Å². The number of likely N-dealkylation sites (tertiary alicyclic amines) is 1. The second-order valence-electron chi connectivity index (χ2n) is 5.55. The van der Waals surface area contributed by atoms with Crippen LogP contribution in [-0.2, 0) is 11.3 Å². The molecule has 1 aliphatic heterocycles. The molecule has 0 bridgehead atoms. The lowest BCUT2D eigenvalue weighted by Crippen LogP contribution is -2.45. The Kier molecular flexibility index (Phi) is 6.04. The van der Waals surface area contributed by atoms with Gasteiger partial charge in [-0.1, -0.05) is 0 Å². The molecule has 0 radical (unpaired) electrons. The number of ether oxygens (including phenoxy) is 1. The molecule has 1 aromatic rings. The van der Waals surface area contributed by atoms with E-state index in [1.54, 1.807) is 4.90 Å². The van der Waals surface area contributed by atoms with Gasteiger partial charge in [0.1, 0.15) is 0 Å². The van der Waals surface area contributed by atoms with Crippen molar-refractivity contribution in [1.82, 2.24) is 20.0 Å². The Hall–Kier alpha value is -1.56. The van der Waals surface area contributed by atoms with Crippen LogP contribution in [0.2, 0.25) is 0 Å². The first-order valence-corrected chi connectivity index (χ1v) is 7.83. The van der Waals surface area contributed by atoms with Crippen LogP contribution in [0.3, 0.4) is 0 Å². The number of amides is 1. The first-order valence-electron chi connectivity index (χ1n) is 7.83. The van der Waals surface area contributed by atoms with E-state index in [0.29, 0.717) is 12.6 Å². The SMILES string of the molecule is CCOC(=O)N1CCC(NCCCn2cc(C)cn2)CC1. The molecule has 1 aliphatic rings. The first kappa shape index (κ1) is 15.8. The van der Waals surface area contributed by atoms with Crippen molar-refractivity contribution >= 4 is 6.09 Å². The molecule has 2 heterocycles. The van der Waals surface area contributed by atoms with Crippen LogP contribution in [0.4, 0.5) is 4.79 Å². The van der Waals surface area contributed by atoms with Gasteiger partial charge in [0.25, 0.3) is 0 Å². The summed E-state index contributed by atoms with van der Waals surface area (Å²) in [7, 11) is 0.